The highest BCUT2D eigenvalue weighted by molar-refractivity contribution is 5.93. The van der Waals surface area contributed by atoms with Crippen LogP contribution in [0.25, 0.3) is 11.4 Å². The van der Waals surface area contributed by atoms with E-state index in [9.17, 15) is 9.59 Å². The molecule has 20 heavy (non-hydrogen) atoms. The molecule has 2 heterocycles. The van der Waals surface area contributed by atoms with E-state index in [1.54, 1.807) is 24.3 Å². The molecule has 0 fully saturated rings. The number of carbonyl (C=O) groups is 2. The minimum absolute atomic E-state index is 0.326. The van der Waals surface area contributed by atoms with Gasteiger partial charge in [0.1, 0.15) is 0 Å². The molecule has 0 bridgehead atoms. The van der Waals surface area contributed by atoms with Crippen LogP contribution in [0.1, 0.15) is 34.6 Å². The van der Waals surface area contributed by atoms with Gasteiger partial charge in [-0.25, -0.2) is 0 Å². The summed E-state index contributed by atoms with van der Waals surface area (Å²) in [5.74, 6) is -1.07. The second-order valence-corrected chi connectivity index (χ2v) is 3.59. The van der Waals surface area contributed by atoms with E-state index in [1.165, 1.54) is 12.4 Å². The molecule has 2 aromatic heterocycles. The third-order valence-electron chi connectivity index (χ3n) is 2.36. The van der Waals surface area contributed by atoms with E-state index < -0.39 is 11.8 Å². The van der Waals surface area contributed by atoms with E-state index in [1.807, 2.05) is 13.8 Å². The fourth-order valence-corrected chi connectivity index (χ4v) is 1.38. The Bertz CT molecular complexity index is 536. The Hall–Kier alpha value is -2.76. The van der Waals surface area contributed by atoms with Gasteiger partial charge >= 0.3 is 0 Å². The molecule has 0 saturated carbocycles. The van der Waals surface area contributed by atoms with Gasteiger partial charge in [0, 0.05) is 12.4 Å². The van der Waals surface area contributed by atoms with Crippen molar-refractivity contribution in [2.24, 2.45) is 11.5 Å². The second-order valence-electron chi connectivity index (χ2n) is 3.59. The van der Waals surface area contributed by atoms with Crippen molar-refractivity contribution in [3.63, 3.8) is 0 Å². The summed E-state index contributed by atoms with van der Waals surface area (Å²) < 4.78 is 0. The number of rotatable bonds is 3. The van der Waals surface area contributed by atoms with Gasteiger partial charge in [-0.2, -0.15) is 0 Å². The zero-order valence-corrected chi connectivity index (χ0v) is 11.3. The van der Waals surface area contributed by atoms with E-state index in [-0.39, 0.29) is 0 Å². The van der Waals surface area contributed by atoms with Gasteiger partial charge in [0.15, 0.2) is 0 Å². The molecule has 2 rings (SSSR count). The van der Waals surface area contributed by atoms with Crippen molar-refractivity contribution in [3.8, 4) is 11.4 Å². The van der Waals surface area contributed by atoms with Gasteiger partial charge in [0.25, 0.3) is 0 Å². The summed E-state index contributed by atoms with van der Waals surface area (Å²) in [5, 5.41) is 0. The maximum Gasteiger partial charge on any atom is 0.250 e. The van der Waals surface area contributed by atoms with Crippen molar-refractivity contribution < 1.29 is 9.59 Å². The predicted molar refractivity (Wildman–Crippen MR) is 75.9 cm³/mol. The van der Waals surface area contributed by atoms with Crippen LogP contribution < -0.4 is 11.5 Å². The summed E-state index contributed by atoms with van der Waals surface area (Å²) in [4.78, 5) is 29.9. The first-order valence-corrected chi connectivity index (χ1v) is 6.10. The minimum atomic E-state index is -0.536. The van der Waals surface area contributed by atoms with Crippen molar-refractivity contribution in [2.75, 3.05) is 0 Å². The molecule has 0 radical (unpaired) electrons. The van der Waals surface area contributed by atoms with Gasteiger partial charge in [-0.15, -0.1) is 0 Å². The fraction of sp³-hybridized carbons (Fsp3) is 0.143. The van der Waals surface area contributed by atoms with Crippen molar-refractivity contribution in [2.45, 2.75) is 13.8 Å². The number of aromatic nitrogens is 2. The van der Waals surface area contributed by atoms with Crippen LogP contribution in [-0.2, 0) is 0 Å². The Kier molecular flexibility index (Phi) is 5.34. The molecule has 2 aromatic rings. The van der Waals surface area contributed by atoms with Crippen LogP contribution in [-0.4, -0.2) is 21.8 Å². The second kappa shape index (κ2) is 6.98. The molecule has 0 aromatic carbocycles. The molecule has 0 atom stereocenters. The molecule has 0 aliphatic carbocycles. The topological polar surface area (TPSA) is 112 Å². The SMILES string of the molecule is CC.NC(=O)c1ccc(-c2ccc(C(N)=O)cn2)nc1. The number of carbonyl (C=O) groups excluding carboxylic acids is 2. The lowest BCUT2D eigenvalue weighted by atomic mass is 10.2. The van der Waals surface area contributed by atoms with E-state index in [0.29, 0.717) is 22.5 Å². The maximum absolute atomic E-state index is 10.9. The summed E-state index contributed by atoms with van der Waals surface area (Å²) in [6.07, 6.45) is 2.75. The van der Waals surface area contributed by atoms with Crippen molar-refractivity contribution >= 4 is 11.8 Å². The number of amides is 2. The highest BCUT2D eigenvalue weighted by Crippen LogP contribution is 2.14. The molecule has 6 nitrogen and oxygen atoms in total. The Balaban J connectivity index is 0.000000956. The highest BCUT2D eigenvalue weighted by atomic mass is 16.1. The van der Waals surface area contributed by atoms with Gasteiger partial charge in [-0.1, -0.05) is 13.8 Å². The van der Waals surface area contributed by atoms with Gasteiger partial charge < -0.3 is 11.5 Å². The summed E-state index contributed by atoms with van der Waals surface area (Å²) in [5.41, 5.74) is 12.0. The summed E-state index contributed by atoms with van der Waals surface area (Å²) >= 11 is 0. The Morgan fingerprint density at radius 2 is 1.15 bits per heavy atom. The van der Waals surface area contributed by atoms with E-state index >= 15 is 0 Å². The largest absolute Gasteiger partial charge is 0.366 e. The molecule has 0 unspecified atom stereocenters. The number of hydrogen-bond acceptors (Lipinski definition) is 4. The standard InChI is InChI=1S/C12H10N4O2.C2H6/c13-11(17)7-1-3-9(15-5-7)10-4-2-8(6-16-10)12(14)18;1-2/h1-6H,(H2,13,17)(H2,14,18);1-2H3. The van der Waals surface area contributed by atoms with Crippen molar-refractivity contribution in [1.82, 2.24) is 9.97 Å². The normalized spacial score (nSPS) is 9.30. The summed E-state index contributed by atoms with van der Waals surface area (Å²) in [6, 6.07) is 6.39. The van der Waals surface area contributed by atoms with E-state index in [2.05, 4.69) is 9.97 Å². The quantitative estimate of drug-likeness (QED) is 0.878. The van der Waals surface area contributed by atoms with Gasteiger partial charge in [0.05, 0.1) is 22.5 Å². The molecule has 4 N–H and O–H groups in total. The average molecular weight is 272 g/mol. The van der Waals surface area contributed by atoms with Gasteiger partial charge in [-0.05, 0) is 24.3 Å². The molecule has 6 heteroatoms. The fourth-order valence-electron chi connectivity index (χ4n) is 1.38. The third-order valence-corrected chi connectivity index (χ3v) is 2.36. The molecule has 0 saturated heterocycles. The lowest BCUT2D eigenvalue weighted by Gasteiger charge is -2.01. The average Bonchev–Trinajstić information content (AvgIpc) is 2.49. The Morgan fingerprint density at radius 1 is 0.800 bits per heavy atom. The zero-order chi connectivity index (χ0) is 15.1. The molecule has 2 amide bonds. The molecular weight excluding hydrogens is 256 g/mol. The van der Waals surface area contributed by atoms with E-state index in [0.717, 1.165) is 0 Å². The van der Waals surface area contributed by atoms with Gasteiger partial charge in [-0.3, -0.25) is 19.6 Å². The Morgan fingerprint density at radius 3 is 1.35 bits per heavy atom. The van der Waals surface area contributed by atoms with Crippen LogP contribution in [0.4, 0.5) is 0 Å². The van der Waals surface area contributed by atoms with Crippen molar-refractivity contribution in [1.29, 1.82) is 0 Å². The van der Waals surface area contributed by atoms with E-state index in [4.69, 9.17) is 11.5 Å². The number of nitrogens with two attached hydrogens (primary N) is 2. The van der Waals surface area contributed by atoms with Crippen LogP contribution in [0.5, 0.6) is 0 Å². The first-order chi connectivity index (χ1) is 9.58. The van der Waals surface area contributed by atoms with Crippen molar-refractivity contribution in [3.05, 3.63) is 47.8 Å². The first kappa shape index (κ1) is 15.3. The molecule has 0 aliphatic heterocycles. The molecule has 104 valence electrons. The number of hydrogen-bond donors (Lipinski definition) is 2. The predicted octanol–water partition coefficient (Wildman–Crippen LogP) is 1.37. The van der Waals surface area contributed by atoms with Crippen LogP contribution in [0.3, 0.4) is 0 Å². The lowest BCUT2D eigenvalue weighted by molar-refractivity contribution is 0.0991. The Labute approximate surface area is 116 Å². The van der Waals surface area contributed by atoms with Crippen LogP contribution in [0.15, 0.2) is 36.7 Å². The summed E-state index contributed by atoms with van der Waals surface area (Å²) in [6.45, 7) is 4.00. The smallest absolute Gasteiger partial charge is 0.250 e. The summed E-state index contributed by atoms with van der Waals surface area (Å²) in [7, 11) is 0. The number of nitrogens with zero attached hydrogens (tertiary/aromatic N) is 2. The maximum atomic E-state index is 10.9. The highest BCUT2D eigenvalue weighted by Gasteiger charge is 2.05. The van der Waals surface area contributed by atoms with Crippen LogP contribution in [0, 0.1) is 0 Å². The first-order valence-electron chi connectivity index (χ1n) is 6.10. The lowest BCUT2D eigenvalue weighted by Crippen LogP contribution is -2.11. The number of primary amides is 2. The van der Waals surface area contributed by atoms with Crippen LogP contribution >= 0.6 is 0 Å². The number of pyridine rings is 2. The molecule has 0 spiro atoms. The third kappa shape index (κ3) is 3.61. The van der Waals surface area contributed by atoms with Crippen LogP contribution in [0.2, 0.25) is 0 Å². The zero-order valence-electron chi connectivity index (χ0n) is 11.3. The minimum Gasteiger partial charge on any atom is -0.366 e. The molecule has 0 aliphatic rings. The van der Waals surface area contributed by atoms with Gasteiger partial charge in [0.2, 0.25) is 11.8 Å². The molecular formula is C14H16N4O2. The monoisotopic (exact) mass is 272 g/mol.